The average molecular weight is 382 g/mol. The molecular weight excluding hydrogens is 359 g/mol. The normalized spacial score (nSPS) is 17.7. The Morgan fingerprint density at radius 1 is 1.14 bits per heavy atom. The Labute approximate surface area is 163 Å². The van der Waals surface area contributed by atoms with Crippen molar-refractivity contribution < 1.29 is 18.8 Å². The lowest BCUT2D eigenvalue weighted by atomic mass is 10.1. The summed E-state index contributed by atoms with van der Waals surface area (Å²) < 4.78 is 13.2. The maximum atomic E-state index is 13.2. The number of anilines is 1. The number of carbonyl (C=O) groups excluding carboxylic acids is 3. The first-order chi connectivity index (χ1) is 13.4. The first kappa shape index (κ1) is 19.7. The van der Waals surface area contributed by atoms with E-state index in [0.29, 0.717) is 12.1 Å². The smallest absolute Gasteiger partial charge is 0.257 e. The number of benzene rings is 2. The van der Waals surface area contributed by atoms with E-state index >= 15 is 0 Å². The summed E-state index contributed by atoms with van der Waals surface area (Å²) >= 11 is 0. The van der Waals surface area contributed by atoms with Crippen LogP contribution in [0.5, 0.6) is 0 Å². The summed E-state index contributed by atoms with van der Waals surface area (Å²) in [4.78, 5) is 41.2. The minimum atomic E-state index is -0.844. The molecule has 6 heteroatoms. The Kier molecular flexibility index (Phi) is 5.87. The molecule has 1 aliphatic heterocycles. The average Bonchev–Trinajstić information content (AvgIpc) is 2.97. The van der Waals surface area contributed by atoms with Gasteiger partial charge in [-0.15, -0.1) is 0 Å². The van der Waals surface area contributed by atoms with Crippen LogP contribution in [-0.4, -0.2) is 34.7 Å². The van der Waals surface area contributed by atoms with Crippen molar-refractivity contribution in [1.29, 1.82) is 0 Å². The van der Waals surface area contributed by atoms with Crippen LogP contribution in [0.4, 0.5) is 10.1 Å². The van der Waals surface area contributed by atoms with Crippen molar-refractivity contribution >= 4 is 23.4 Å². The summed E-state index contributed by atoms with van der Waals surface area (Å²) in [6, 6.07) is 13.5. The van der Waals surface area contributed by atoms with Crippen molar-refractivity contribution in [2.24, 2.45) is 0 Å². The van der Waals surface area contributed by atoms with Gasteiger partial charge in [-0.25, -0.2) is 9.29 Å². The number of amides is 3. The van der Waals surface area contributed by atoms with Crippen LogP contribution >= 0.6 is 0 Å². The van der Waals surface area contributed by atoms with Crippen molar-refractivity contribution in [2.75, 3.05) is 4.90 Å². The first-order valence-corrected chi connectivity index (χ1v) is 9.39. The number of hydrogen-bond acceptors (Lipinski definition) is 3. The predicted octanol–water partition coefficient (Wildman–Crippen LogP) is 3.33. The van der Waals surface area contributed by atoms with Gasteiger partial charge in [0.15, 0.2) is 0 Å². The molecule has 1 heterocycles. The fourth-order valence-corrected chi connectivity index (χ4v) is 3.48. The topological polar surface area (TPSA) is 57.7 Å². The van der Waals surface area contributed by atoms with Crippen molar-refractivity contribution in [1.82, 2.24) is 4.90 Å². The fraction of sp³-hybridized carbons (Fsp3) is 0.318. The van der Waals surface area contributed by atoms with Crippen molar-refractivity contribution in [3.05, 3.63) is 66.0 Å². The summed E-state index contributed by atoms with van der Waals surface area (Å²) in [5.74, 6) is -1.47. The molecule has 0 saturated carbocycles. The molecule has 1 aliphatic rings. The van der Waals surface area contributed by atoms with Crippen LogP contribution in [0.3, 0.4) is 0 Å². The summed E-state index contributed by atoms with van der Waals surface area (Å²) in [6.45, 7) is 3.81. The molecule has 0 spiro atoms. The van der Waals surface area contributed by atoms with Crippen molar-refractivity contribution in [2.45, 2.75) is 45.2 Å². The van der Waals surface area contributed by atoms with E-state index in [2.05, 4.69) is 0 Å². The zero-order valence-corrected chi connectivity index (χ0v) is 16.0. The molecule has 3 amide bonds. The molecule has 0 aliphatic carbocycles. The Balaban J connectivity index is 1.86. The van der Waals surface area contributed by atoms with Crippen molar-refractivity contribution in [3.8, 4) is 0 Å². The van der Waals surface area contributed by atoms with Crippen LogP contribution < -0.4 is 4.90 Å². The van der Waals surface area contributed by atoms with Crippen molar-refractivity contribution in [3.63, 3.8) is 0 Å². The monoisotopic (exact) mass is 382 g/mol. The summed E-state index contributed by atoms with van der Waals surface area (Å²) in [5.41, 5.74) is 1.17. The van der Waals surface area contributed by atoms with Gasteiger partial charge in [0.25, 0.3) is 5.91 Å². The highest BCUT2D eigenvalue weighted by atomic mass is 19.1. The van der Waals surface area contributed by atoms with Gasteiger partial charge in [-0.05, 0) is 43.2 Å². The molecule has 1 saturated heterocycles. The van der Waals surface area contributed by atoms with Crippen LogP contribution in [0.15, 0.2) is 54.6 Å². The number of nitrogens with zero attached hydrogens (tertiary/aromatic N) is 2. The third kappa shape index (κ3) is 3.96. The van der Waals surface area contributed by atoms with Gasteiger partial charge >= 0.3 is 0 Å². The van der Waals surface area contributed by atoms with Crippen LogP contribution in [0.25, 0.3) is 0 Å². The summed E-state index contributed by atoms with van der Waals surface area (Å²) in [5, 5.41) is 0. The van der Waals surface area contributed by atoms with Gasteiger partial charge in [0.1, 0.15) is 11.9 Å². The fourth-order valence-electron chi connectivity index (χ4n) is 3.48. The largest absolute Gasteiger partial charge is 0.327 e. The third-order valence-electron chi connectivity index (χ3n) is 5.10. The molecule has 2 aromatic carbocycles. The lowest BCUT2D eigenvalue weighted by molar-refractivity contribution is -0.140. The van der Waals surface area contributed by atoms with Gasteiger partial charge in [0.2, 0.25) is 11.8 Å². The molecular formula is C22H23FN2O3. The standard InChI is InChI=1S/C22H23FN2O3/c1-3-15(2)24(20(26)13-16-7-5-4-6-8-16)19-14-21(27)25(22(19)28)18-11-9-17(23)10-12-18/h4-12,15,19H,3,13-14H2,1-2H3. The second kappa shape index (κ2) is 8.33. The minimum Gasteiger partial charge on any atom is -0.327 e. The van der Waals surface area contributed by atoms with E-state index in [1.165, 1.54) is 29.2 Å². The third-order valence-corrected chi connectivity index (χ3v) is 5.10. The molecule has 0 radical (unpaired) electrons. The molecule has 28 heavy (non-hydrogen) atoms. The van der Waals surface area contributed by atoms with E-state index in [1.54, 1.807) is 0 Å². The zero-order valence-electron chi connectivity index (χ0n) is 16.0. The van der Waals surface area contributed by atoms with Gasteiger partial charge < -0.3 is 4.90 Å². The van der Waals surface area contributed by atoms with Gasteiger partial charge in [-0.3, -0.25) is 14.4 Å². The maximum absolute atomic E-state index is 13.2. The van der Waals surface area contributed by atoms with Crippen LogP contribution in [0, 0.1) is 5.82 Å². The Bertz CT molecular complexity index is 867. The van der Waals surface area contributed by atoms with Gasteiger partial charge in [-0.1, -0.05) is 37.3 Å². The number of carbonyl (C=O) groups is 3. The van der Waals surface area contributed by atoms with Gasteiger partial charge in [0, 0.05) is 6.04 Å². The summed E-state index contributed by atoms with van der Waals surface area (Å²) in [7, 11) is 0. The number of hydrogen-bond donors (Lipinski definition) is 0. The van der Waals surface area contributed by atoms with Gasteiger partial charge in [0.05, 0.1) is 18.5 Å². The van der Waals surface area contributed by atoms with E-state index in [4.69, 9.17) is 0 Å². The van der Waals surface area contributed by atoms with E-state index in [1.807, 2.05) is 44.2 Å². The highest BCUT2D eigenvalue weighted by Gasteiger charge is 2.45. The van der Waals surface area contributed by atoms with Crippen LogP contribution in [0.2, 0.25) is 0 Å². The highest BCUT2D eigenvalue weighted by Crippen LogP contribution is 2.28. The van der Waals surface area contributed by atoms with Gasteiger partial charge in [-0.2, -0.15) is 0 Å². The SMILES string of the molecule is CCC(C)N(C(=O)Cc1ccccc1)C1CC(=O)N(c2ccc(F)cc2)C1=O. The minimum absolute atomic E-state index is 0.0684. The Morgan fingerprint density at radius 3 is 2.39 bits per heavy atom. The van der Waals surface area contributed by atoms with Crippen LogP contribution in [-0.2, 0) is 20.8 Å². The van der Waals surface area contributed by atoms with E-state index < -0.39 is 17.8 Å². The number of imide groups is 1. The van der Waals surface area contributed by atoms with E-state index in [9.17, 15) is 18.8 Å². The molecule has 5 nitrogen and oxygen atoms in total. The Hall–Kier alpha value is -3.02. The molecule has 3 rings (SSSR count). The maximum Gasteiger partial charge on any atom is 0.257 e. The molecule has 1 fully saturated rings. The Morgan fingerprint density at radius 2 is 1.79 bits per heavy atom. The predicted molar refractivity (Wildman–Crippen MR) is 104 cm³/mol. The second-order valence-corrected chi connectivity index (χ2v) is 6.98. The number of rotatable bonds is 6. The van der Waals surface area contributed by atoms with E-state index in [0.717, 1.165) is 10.5 Å². The van der Waals surface area contributed by atoms with E-state index in [-0.39, 0.29) is 30.7 Å². The molecule has 0 N–H and O–H groups in total. The number of halogens is 1. The highest BCUT2D eigenvalue weighted by molar-refractivity contribution is 6.23. The molecule has 2 aromatic rings. The molecule has 2 atom stereocenters. The quantitative estimate of drug-likeness (QED) is 0.720. The van der Waals surface area contributed by atoms with Crippen LogP contribution in [0.1, 0.15) is 32.3 Å². The molecule has 146 valence electrons. The first-order valence-electron chi connectivity index (χ1n) is 9.39. The zero-order chi connectivity index (χ0) is 20.3. The summed E-state index contributed by atoms with van der Waals surface area (Å²) in [6.07, 6.45) is 0.760. The second-order valence-electron chi connectivity index (χ2n) is 6.98. The molecule has 0 bridgehead atoms. The molecule has 0 aromatic heterocycles. The lowest BCUT2D eigenvalue weighted by Crippen LogP contribution is -2.50. The lowest BCUT2D eigenvalue weighted by Gasteiger charge is -2.33. The molecule has 2 unspecified atom stereocenters.